The van der Waals surface area contributed by atoms with Crippen molar-refractivity contribution < 1.29 is 9.90 Å². The number of likely N-dealkylation sites (N-methyl/N-ethyl adjacent to an activating group) is 1. The van der Waals surface area contributed by atoms with Gasteiger partial charge in [-0.25, -0.2) is 0 Å². The molecule has 1 heterocycles. The predicted octanol–water partition coefficient (Wildman–Crippen LogP) is 2.48. The number of carboxylic acids is 1. The predicted molar refractivity (Wildman–Crippen MR) is 80.9 cm³/mol. The summed E-state index contributed by atoms with van der Waals surface area (Å²) in [4.78, 5) is 14.2. The van der Waals surface area contributed by atoms with Crippen molar-refractivity contribution >= 4 is 5.97 Å². The van der Waals surface area contributed by atoms with Crippen LogP contribution in [0.3, 0.4) is 0 Å². The third-order valence-corrected chi connectivity index (χ3v) is 5.90. The average Bonchev–Trinajstić information content (AvgIpc) is 3.04. The number of aliphatic carboxylic acids is 1. The molecule has 0 amide bonds. The molecule has 116 valence electrons. The molecule has 1 saturated carbocycles. The van der Waals surface area contributed by atoms with Gasteiger partial charge in [0.25, 0.3) is 0 Å². The van der Waals surface area contributed by atoms with Crippen LogP contribution in [0.25, 0.3) is 0 Å². The number of nitrogens with zero attached hydrogens (tertiary/aromatic N) is 1. The van der Waals surface area contributed by atoms with Crippen molar-refractivity contribution in [3.63, 3.8) is 0 Å². The third-order valence-electron chi connectivity index (χ3n) is 5.90. The first kappa shape index (κ1) is 15.8. The number of hydrogen-bond donors (Lipinski definition) is 2. The topological polar surface area (TPSA) is 52.6 Å². The number of nitrogens with one attached hydrogen (secondary N) is 1. The summed E-state index contributed by atoms with van der Waals surface area (Å²) >= 11 is 0. The Bertz CT molecular complexity index is 354. The maximum absolute atomic E-state index is 11.6. The molecule has 2 atom stereocenters. The van der Waals surface area contributed by atoms with Gasteiger partial charge in [-0.15, -0.1) is 0 Å². The zero-order chi connectivity index (χ0) is 14.8. The fourth-order valence-electron chi connectivity index (χ4n) is 4.21. The Kier molecular flexibility index (Phi) is 4.75. The fraction of sp³-hybridized carbons (Fsp3) is 0.938. The van der Waals surface area contributed by atoms with Crippen LogP contribution in [0.1, 0.15) is 59.3 Å². The summed E-state index contributed by atoms with van der Waals surface area (Å²) in [6.07, 6.45) is 6.30. The minimum absolute atomic E-state index is 0.449. The summed E-state index contributed by atoms with van der Waals surface area (Å²) in [6.45, 7) is 9.62. The zero-order valence-electron chi connectivity index (χ0n) is 13.2. The van der Waals surface area contributed by atoms with E-state index in [9.17, 15) is 9.90 Å². The van der Waals surface area contributed by atoms with E-state index in [1.807, 2.05) is 6.92 Å². The van der Waals surface area contributed by atoms with Crippen molar-refractivity contribution in [1.29, 1.82) is 0 Å². The van der Waals surface area contributed by atoms with Gasteiger partial charge in [-0.3, -0.25) is 9.69 Å². The summed E-state index contributed by atoms with van der Waals surface area (Å²) in [6, 6.07) is 0.449. The molecule has 0 spiro atoms. The molecule has 20 heavy (non-hydrogen) atoms. The molecule has 4 nitrogen and oxygen atoms in total. The Morgan fingerprint density at radius 1 is 1.30 bits per heavy atom. The van der Waals surface area contributed by atoms with Crippen molar-refractivity contribution in [1.82, 2.24) is 10.2 Å². The SMILES string of the molecule is CCNC1(C(=O)O)CCC(N2CCC(CC)(CC)C2)C1. The van der Waals surface area contributed by atoms with Crippen LogP contribution in [0.5, 0.6) is 0 Å². The lowest BCUT2D eigenvalue weighted by Crippen LogP contribution is -2.51. The van der Waals surface area contributed by atoms with E-state index >= 15 is 0 Å². The van der Waals surface area contributed by atoms with E-state index in [1.165, 1.54) is 19.3 Å². The number of likely N-dealkylation sites (tertiary alicyclic amines) is 1. The van der Waals surface area contributed by atoms with E-state index in [0.29, 0.717) is 11.5 Å². The summed E-state index contributed by atoms with van der Waals surface area (Å²) < 4.78 is 0. The van der Waals surface area contributed by atoms with E-state index in [4.69, 9.17) is 0 Å². The number of hydrogen-bond acceptors (Lipinski definition) is 3. The second-order valence-corrected chi connectivity index (χ2v) is 6.74. The molecule has 1 saturated heterocycles. The Morgan fingerprint density at radius 2 is 2.00 bits per heavy atom. The first-order chi connectivity index (χ1) is 9.51. The van der Waals surface area contributed by atoms with Gasteiger partial charge in [0, 0.05) is 12.6 Å². The highest BCUT2D eigenvalue weighted by Crippen LogP contribution is 2.42. The Balaban J connectivity index is 2.01. The van der Waals surface area contributed by atoms with Crippen LogP contribution in [0.15, 0.2) is 0 Å². The number of carboxylic acid groups (broad SMARTS) is 1. The highest BCUT2D eigenvalue weighted by molar-refractivity contribution is 5.79. The van der Waals surface area contributed by atoms with Gasteiger partial charge in [-0.05, 0) is 57.0 Å². The quantitative estimate of drug-likeness (QED) is 0.786. The molecule has 2 fully saturated rings. The molecule has 2 aliphatic rings. The lowest BCUT2D eigenvalue weighted by atomic mass is 9.82. The summed E-state index contributed by atoms with van der Waals surface area (Å²) in [5.41, 5.74) is -0.199. The normalized spacial score (nSPS) is 33.6. The van der Waals surface area contributed by atoms with Crippen molar-refractivity contribution in [3.05, 3.63) is 0 Å². The first-order valence-electron chi connectivity index (χ1n) is 8.23. The second kappa shape index (κ2) is 6.02. The Hall–Kier alpha value is -0.610. The Morgan fingerprint density at radius 3 is 2.50 bits per heavy atom. The van der Waals surface area contributed by atoms with Crippen molar-refractivity contribution in [2.75, 3.05) is 19.6 Å². The average molecular weight is 282 g/mol. The smallest absolute Gasteiger partial charge is 0.323 e. The molecule has 0 aromatic rings. The zero-order valence-corrected chi connectivity index (χ0v) is 13.2. The highest BCUT2D eigenvalue weighted by atomic mass is 16.4. The molecule has 1 aliphatic heterocycles. The molecule has 2 unspecified atom stereocenters. The van der Waals surface area contributed by atoms with E-state index < -0.39 is 11.5 Å². The van der Waals surface area contributed by atoms with E-state index in [1.54, 1.807) is 0 Å². The summed E-state index contributed by atoms with van der Waals surface area (Å²) in [5, 5.41) is 12.8. The molecule has 2 N–H and O–H groups in total. The molecule has 2 rings (SSSR count). The van der Waals surface area contributed by atoms with Crippen LogP contribution in [-0.4, -0.2) is 47.2 Å². The molecule has 1 aliphatic carbocycles. The minimum Gasteiger partial charge on any atom is -0.480 e. The van der Waals surface area contributed by atoms with Gasteiger partial charge in [-0.2, -0.15) is 0 Å². The molecular weight excluding hydrogens is 252 g/mol. The van der Waals surface area contributed by atoms with Gasteiger partial charge >= 0.3 is 5.97 Å². The van der Waals surface area contributed by atoms with E-state index in [0.717, 1.165) is 38.9 Å². The maximum Gasteiger partial charge on any atom is 0.323 e. The largest absolute Gasteiger partial charge is 0.480 e. The van der Waals surface area contributed by atoms with E-state index in [-0.39, 0.29) is 0 Å². The van der Waals surface area contributed by atoms with Gasteiger partial charge in [0.15, 0.2) is 0 Å². The highest BCUT2D eigenvalue weighted by Gasteiger charge is 2.48. The van der Waals surface area contributed by atoms with Crippen molar-refractivity contribution in [2.24, 2.45) is 5.41 Å². The van der Waals surface area contributed by atoms with Gasteiger partial charge in [0.2, 0.25) is 0 Å². The molecule has 0 radical (unpaired) electrons. The lowest BCUT2D eigenvalue weighted by molar-refractivity contribution is -0.144. The third kappa shape index (κ3) is 2.73. The minimum atomic E-state index is -0.677. The van der Waals surface area contributed by atoms with Crippen molar-refractivity contribution in [3.8, 4) is 0 Å². The van der Waals surface area contributed by atoms with Crippen LogP contribution in [-0.2, 0) is 4.79 Å². The van der Waals surface area contributed by atoms with Crippen molar-refractivity contribution in [2.45, 2.75) is 70.9 Å². The maximum atomic E-state index is 11.6. The van der Waals surface area contributed by atoms with Gasteiger partial charge in [0.05, 0.1) is 0 Å². The van der Waals surface area contributed by atoms with Crippen LogP contribution in [0.2, 0.25) is 0 Å². The lowest BCUT2D eigenvalue weighted by Gasteiger charge is -2.31. The van der Waals surface area contributed by atoms with Gasteiger partial charge in [0.1, 0.15) is 5.54 Å². The molecule has 0 aromatic heterocycles. The Labute approximate surface area is 122 Å². The molecule has 0 aromatic carbocycles. The van der Waals surface area contributed by atoms with Crippen LogP contribution in [0.4, 0.5) is 0 Å². The summed E-state index contributed by atoms with van der Waals surface area (Å²) in [7, 11) is 0. The fourth-order valence-corrected chi connectivity index (χ4v) is 4.21. The van der Waals surface area contributed by atoms with Crippen LogP contribution >= 0.6 is 0 Å². The molecular formula is C16H30N2O2. The first-order valence-corrected chi connectivity index (χ1v) is 8.23. The summed E-state index contributed by atoms with van der Waals surface area (Å²) in [5.74, 6) is -0.668. The van der Waals surface area contributed by atoms with Crippen LogP contribution in [0, 0.1) is 5.41 Å². The standard InChI is InChI=1S/C16H30N2O2/c1-4-15(5-2)9-10-18(12-15)13-7-8-16(11-13,14(19)20)17-6-3/h13,17H,4-12H2,1-3H3,(H,19,20). The van der Waals surface area contributed by atoms with Gasteiger partial charge in [-0.1, -0.05) is 20.8 Å². The molecule has 0 bridgehead atoms. The number of rotatable bonds is 6. The second-order valence-electron chi connectivity index (χ2n) is 6.74. The van der Waals surface area contributed by atoms with Crippen LogP contribution < -0.4 is 5.32 Å². The van der Waals surface area contributed by atoms with E-state index in [2.05, 4.69) is 24.1 Å². The van der Waals surface area contributed by atoms with Gasteiger partial charge < -0.3 is 10.4 Å². The monoisotopic (exact) mass is 282 g/mol. The molecule has 4 heteroatoms. The number of carbonyl (C=O) groups is 1.